The maximum atomic E-state index is 12.5. The SMILES string of the molecule is COc1ccc(N2C[C@H](C(=O)OCc3cccc([N+](=O)[O-])c3)CC2=O)c(OC)c1. The van der Waals surface area contributed by atoms with Crippen molar-refractivity contribution in [2.75, 3.05) is 25.7 Å². The zero-order chi connectivity index (χ0) is 21.0. The Labute approximate surface area is 166 Å². The third-order valence-electron chi connectivity index (χ3n) is 4.64. The number of benzene rings is 2. The molecule has 9 nitrogen and oxygen atoms in total. The number of ether oxygens (including phenoxy) is 3. The predicted octanol–water partition coefficient (Wildman–Crippen LogP) is 2.71. The molecule has 1 atom stereocenters. The van der Waals surface area contributed by atoms with Crippen molar-refractivity contribution in [2.45, 2.75) is 13.0 Å². The largest absolute Gasteiger partial charge is 0.497 e. The van der Waals surface area contributed by atoms with E-state index in [1.54, 1.807) is 24.3 Å². The Morgan fingerprint density at radius 1 is 1.21 bits per heavy atom. The van der Waals surface area contributed by atoms with Gasteiger partial charge >= 0.3 is 5.97 Å². The lowest BCUT2D eigenvalue weighted by Crippen LogP contribution is -2.26. The lowest BCUT2D eigenvalue weighted by molar-refractivity contribution is -0.384. The topological polar surface area (TPSA) is 108 Å². The Morgan fingerprint density at radius 2 is 2.00 bits per heavy atom. The number of nitro groups is 1. The first-order chi connectivity index (χ1) is 13.9. The number of anilines is 1. The number of rotatable bonds is 7. The predicted molar refractivity (Wildman–Crippen MR) is 103 cm³/mol. The Hall–Kier alpha value is -3.62. The van der Waals surface area contributed by atoms with E-state index in [0.717, 1.165) is 0 Å². The smallest absolute Gasteiger partial charge is 0.311 e. The van der Waals surface area contributed by atoms with Crippen LogP contribution in [0.1, 0.15) is 12.0 Å². The van der Waals surface area contributed by atoms with Gasteiger partial charge in [-0.3, -0.25) is 19.7 Å². The van der Waals surface area contributed by atoms with Crippen molar-refractivity contribution in [2.24, 2.45) is 5.92 Å². The Morgan fingerprint density at radius 3 is 2.69 bits per heavy atom. The van der Waals surface area contributed by atoms with E-state index >= 15 is 0 Å². The standard InChI is InChI=1S/C20H20N2O7/c1-27-16-6-7-17(18(10-16)28-2)21-11-14(9-19(21)23)20(24)29-12-13-4-3-5-15(8-13)22(25)26/h3-8,10,14H,9,11-12H2,1-2H3/t14-/m1/s1. The summed E-state index contributed by atoms with van der Waals surface area (Å²) in [5.74, 6) is -0.327. The van der Waals surface area contributed by atoms with Crippen LogP contribution < -0.4 is 14.4 Å². The molecule has 1 saturated heterocycles. The summed E-state index contributed by atoms with van der Waals surface area (Å²) in [6.07, 6.45) is 0.0168. The van der Waals surface area contributed by atoms with E-state index in [4.69, 9.17) is 14.2 Å². The van der Waals surface area contributed by atoms with Gasteiger partial charge in [0.05, 0.1) is 30.7 Å². The zero-order valence-electron chi connectivity index (χ0n) is 16.0. The van der Waals surface area contributed by atoms with Gasteiger partial charge in [0.25, 0.3) is 5.69 Å². The summed E-state index contributed by atoms with van der Waals surface area (Å²) in [5.41, 5.74) is 0.977. The number of nitrogens with zero attached hydrogens (tertiary/aromatic N) is 2. The molecule has 1 heterocycles. The molecule has 3 rings (SSSR count). The second kappa shape index (κ2) is 8.59. The summed E-state index contributed by atoms with van der Waals surface area (Å²) in [6.45, 7) is 0.0619. The minimum absolute atomic E-state index is 0.0168. The van der Waals surface area contributed by atoms with Crippen LogP contribution in [-0.4, -0.2) is 37.6 Å². The third kappa shape index (κ3) is 4.45. The Bertz CT molecular complexity index is 944. The molecule has 0 N–H and O–H groups in total. The number of hydrogen-bond donors (Lipinski definition) is 0. The number of hydrogen-bond acceptors (Lipinski definition) is 7. The van der Waals surface area contributed by atoms with Crippen molar-refractivity contribution in [3.05, 3.63) is 58.1 Å². The van der Waals surface area contributed by atoms with E-state index in [9.17, 15) is 19.7 Å². The molecule has 0 aromatic heterocycles. The molecule has 0 unspecified atom stereocenters. The number of esters is 1. The minimum Gasteiger partial charge on any atom is -0.497 e. The fourth-order valence-electron chi connectivity index (χ4n) is 3.14. The molecule has 152 valence electrons. The quantitative estimate of drug-likeness (QED) is 0.399. The fraction of sp³-hybridized carbons (Fsp3) is 0.300. The molecule has 1 amide bonds. The summed E-state index contributed by atoms with van der Waals surface area (Å²) in [7, 11) is 3.02. The highest BCUT2D eigenvalue weighted by Gasteiger charge is 2.37. The van der Waals surface area contributed by atoms with Gasteiger partial charge in [0.2, 0.25) is 5.91 Å². The summed E-state index contributed by atoms with van der Waals surface area (Å²) < 4.78 is 15.8. The molecular weight excluding hydrogens is 380 g/mol. The van der Waals surface area contributed by atoms with Gasteiger partial charge in [-0.2, -0.15) is 0 Å². The number of methoxy groups -OCH3 is 2. The van der Waals surface area contributed by atoms with Crippen LogP contribution in [0.4, 0.5) is 11.4 Å². The maximum Gasteiger partial charge on any atom is 0.311 e. The van der Waals surface area contributed by atoms with Crippen molar-refractivity contribution in [3.8, 4) is 11.5 Å². The van der Waals surface area contributed by atoms with E-state index < -0.39 is 16.8 Å². The average Bonchev–Trinajstić information content (AvgIpc) is 3.13. The first-order valence-electron chi connectivity index (χ1n) is 8.85. The summed E-state index contributed by atoms with van der Waals surface area (Å²) >= 11 is 0. The van der Waals surface area contributed by atoms with Crippen molar-refractivity contribution < 1.29 is 28.7 Å². The molecule has 0 spiro atoms. The summed E-state index contributed by atoms with van der Waals surface area (Å²) in [6, 6.07) is 10.9. The summed E-state index contributed by atoms with van der Waals surface area (Å²) in [4.78, 5) is 36.7. The van der Waals surface area contributed by atoms with E-state index in [1.807, 2.05) is 0 Å². The van der Waals surface area contributed by atoms with Gasteiger partial charge in [-0.05, 0) is 17.7 Å². The molecule has 9 heteroatoms. The molecule has 0 bridgehead atoms. The normalized spacial score (nSPS) is 15.9. The van der Waals surface area contributed by atoms with Gasteiger partial charge in [0, 0.05) is 31.2 Å². The number of nitro benzene ring substituents is 1. The summed E-state index contributed by atoms with van der Waals surface area (Å²) in [5, 5.41) is 10.8. The first kappa shape index (κ1) is 20.1. The van der Waals surface area contributed by atoms with Gasteiger partial charge < -0.3 is 19.1 Å². The fourth-order valence-corrected chi connectivity index (χ4v) is 3.14. The number of non-ortho nitro benzene ring substituents is 1. The zero-order valence-corrected chi connectivity index (χ0v) is 16.0. The molecule has 0 radical (unpaired) electrons. The van der Waals surface area contributed by atoms with Crippen molar-refractivity contribution in [1.82, 2.24) is 0 Å². The van der Waals surface area contributed by atoms with Gasteiger partial charge in [-0.25, -0.2) is 0 Å². The van der Waals surface area contributed by atoms with Crippen LogP contribution in [0.3, 0.4) is 0 Å². The van der Waals surface area contributed by atoms with Gasteiger partial charge in [-0.15, -0.1) is 0 Å². The third-order valence-corrected chi connectivity index (χ3v) is 4.64. The van der Waals surface area contributed by atoms with Gasteiger partial charge in [0.1, 0.15) is 18.1 Å². The number of carbonyl (C=O) groups excluding carboxylic acids is 2. The van der Waals surface area contributed by atoms with Crippen molar-refractivity contribution in [3.63, 3.8) is 0 Å². The second-order valence-corrected chi connectivity index (χ2v) is 6.48. The monoisotopic (exact) mass is 400 g/mol. The second-order valence-electron chi connectivity index (χ2n) is 6.48. The molecular formula is C20H20N2O7. The van der Waals surface area contributed by atoms with Crippen molar-refractivity contribution in [1.29, 1.82) is 0 Å². The molecule has 0 saturated carbocycles. The van der Waals surface area contributed by atoms with Gasteiger partial charge in [-0.1, -0.05) is 12.1 Å². The van der Waals surface area contributed by atoms with E-state index in [1.165, 1.54) is 37.3 Å². The Kier molecular flexibility index (Phi) is 5.96. The van der Waals surface area contributed by atoms with E-state index in [0.29, 0.717) is 22.7 Å². The van der Waals surface area contributed by atoms with Crippen LogP contribution in [0.15, 0.2) is 42.5 Å². The average molecular weight is 400 g/mol. The highest BCUT2D eigenvalue weighted by molar-refractivity contribution is 6.00. The maximum absolute atomic E-state index is 12.5. The highest BCUT2D eigenvalue weighted by Crippen LogP contribution is 2.36. The van der Waals surface area contributed by atoms with Crippen LogP contribution >= 0.6 is 0 Å². The molecule has 2 aromatic carbocycles. The molecule has 1 aliphatic heterocycles. The molecule has 29 heavy (non-hydrogen) atoms. The van der Waals surface area contributed by atoms with Crippen LogP contribution in [0, 0.1) is 16.0 Å². The highest BCUT2D eigenvalue weighted by atomic mass is 16.6. The van der Waals surface area contributed by atoms with Crippen LogP contribution in [0.2, 0.25) is 0 Å². The van der Waals surface area contributed by atoms with E-state index in [2.05, 4.69) is 0 Å². The van der Waals surface area contributed by atoms with Gasteiger partial charge in [0.15, 0.2) is 0 Å². The van der Waals surface area contributed by atoms with Crippen LogP contribution in [-0.2, 0) is 20.9 Å². The molecule has 1 aliphatic rings. The number of amides is 1. The molecule has 0 aliphatic carbocycles. The lowest BCUT2D eigenvalue weighted by Gasteiger charge is -2.20. The molecule has 2 aromatic rings. The molecule has 1 fully saturated rings. The minimum atomic E-state index is -0.631. The number of carbonyl (C=O) groups is 2. The van der Waals surface area contributed by atoms with E-state index in [-0.39, 0.29) is 31.2 Å². The van der Waals surface area contributed by atoms with Crippen LogP contribution in [0.5, 0.6) is 11.5 Å². The Balaban J connectivity index is 1.66. The van der Waals surface area contributed by atoms with Crippen LogP contribution in [0.25, 0.3) is 0 Å². The lowest BCUT2D eigenvalue weighted by atomic mass is 10.1. The first-order valence-corrected chi connectivity index (χ1v) is 8.85. The van der Waals surface area contributed by atoms with Crippen molar-refractivity contribution >= 4 is 23.3 Å².